The zero-order valence-electron chi connectivity index (χ0n) is 7.95. The molecule has 2 nitrogen and oxygen atoms in total. The van der Waals surface area contributed by atoms with Crippen LogP contribution in [0.1, 0.15) is 30.6 Å². The van der Waals surface area contributed by atoms with E-state index in [1.54, 1.807) is 38.1 Å². The van der Waals surface area contributed by atoms with Crippen LogP contribution in [0.2, 0.25) is 0 Å². The van der Waals surface area contributed by atoms with E-state index in [0.29, 0.717) is 12.0 Å². The lowest BCUT2D eigenvalue weighted by atomic mass is 9.92. The SMILES string of the molecule is CCC(C)(O)C(=O)c1ccccc1. The molecule has 1 aromatic carbocycles. The van der Waals surface area contributed by atoms with Gasteiger partial charge in [-0.15, -0.1) is 0 Å². The maximum atomic E-state index is 11.6. The minimum atomic E-state index is -1.23. The van der Waals surface area contributed by atoms with Gasteiger partial charge in [-0.3, -0.25) is 4.79 Å². The summed E-state index contributed by atoms with van der Waals surface area (Å²) in [4.78, 5) is 11.6. The van der Waals surface area contributed by atoms with E-state index in [1.807, 2.05) is 6.07 Å². The first-order chi connectivity index (χ1) is 6.08. The molecule has 0 saturated carbocycles. The maximum Gasteiger partial charge on any atom is 0.194 e. The van der Waals surface area contributed by atoms with E-state index in [2.05, 4.69) is 0 Å². The molecule has 0 amide bonds. The fourth-order valence-electron chi connectivity index (χ4n) is 1.06. The van der Waals surface area contributed by atoms with E-state index >= 15 is 0 Å². The maximum absolute atomic E-state index is 11.6. The van der Waals surface area contributed by atoms with E-state index in [1.165, 1.54) is 0 Å². The number of hydrogen-bond donors (Lipinski definition) is 1. The number of benzene rings is 1. The van der Waals surface area contributed by atoms with Crippen molar-refractivity contribution in [1.82, 2.24) is 0 Å². The molecule has 0 aliphatic rings. The quantitative estimate of drug-likeness (QED) is 0.719. The van der Waals surface area contributed by atoms with Crippen LogP contribution in [0.3, 0.4) is 0 Å². The molecule has 1 rings (SSSR count). The molecule has 0 bridgehead atoms. The zero-order valence-corrected chi connectivity index (χ0v) is 7.95. The Hall–Kier alpha value is -1.15. The van der Waals surface area contributed by atoms with Crippen LogP contribution in [-0.4, -0.2) is 16.5 Å². The van der Waals surface area contributed by atoms with E-state index in [0.717, 1.165) is 0 Å². The standard InChI is InChI=1S/C11H14O2/c1-3-11(2,13)10(12)9-7-5-4-6-8-9/h4-8,13H,3H2,1-2H3. The number of carbonyl (C=O) groups excluding carboxylic acids is 1. The Bertz CT molecular complexity index is 288. The highest BCUT2D eigenvalue weighted by atomic mass is 16.3. The highest BCUT2D eigenvalue weighted by Gasteiger charge is 2.28. The Labute approximate surface area is 78.2 Å². The molecule has 2 heteroatoms. The molecule has 0 heterocycles. The summed E-state index contributed by atoms with van der Waals surface area (Å²) in [5.41, 5.74) is -0.671. The third kappa shape index (κ3) is 2.16. The van der Waals surface area contributed by atoms with Crippen LogP contribution < -0.4 is 0 Å². The number of ketones is 1. The molecule has 0 radical (unpaired) electrons. The average Bonchev–Trinajstić information content (AvgIpc) is 2.18. The molecule has 1 N–H and O–H groups in total. The summed E-state index contributed by atoms with van der Waals surface area (Å²) in [6.45, 7) is 3.34. The van der Waals surface area contributed by atoms with Crippen molar-refractivity contribution < 1.29 is 9.90 Å². The Morgan fingerprint density at radius 1 is 1.38 bits per heavy atom. The molecule has 1 unspecified atom stereocenters. The highest BCUT2D eigenvalue weighted by Crippen LogP contribution is 2.16. The second kappa shape index (κ2) is 3.71. The number of rotatable bonds is 3. The smallest absolute Gasteiger partial charge is 0.194 e. The Morgan fingerprint density at radius 3 is 2.38 bits per heavy atom. The third-order valence-electron chi connectivity index (χ3n) is 2.21. The van der Waals surface area contributed by atoms with Gasteiger partial charge in [0, 0.05) is 5.56 Å². The fourth-order valence-corrected chi connectivity index (χ4v) is 1.06. The summed E-state index contributed by atoms with van der Waals surface area (Å²) in [5.74, 6) is -0.212. The molecular weight excluding hydrogens is 164 g/mol. The van der Waals surface area contributed by atoms with Gasteiger partial charge in [-0.05, 0) is 13.3 Å². The molecule has 0 spiro atoms. The molecule has 0 saturated heterocycles. The van der Waals surface area contributed by atoms with Crippen molar-refractivity contribution in [3.05, 3.63) is 35.9 Å². The Morgan fingerprint density at radius 2 is 1.92 bits per heavy atom. The summed E-state index contributed by atoms with van der Waals surface area (Å²) in [6.07, 6.45) is 0.431. The van der Waals surface area contributed by atoms with Crippen molar-refractivity contribution >= 4 is 5.78 Å². The van der Waals surface area contributed by atoms with Crippen molar-refractivity contribution in [2.75, 3.05) is 0 Å². The van der Waals surface area contributed by atoms with Gasteiger partial charge in [0.05, 0.1) is 0 Å². The van der Waals surface area contributed by atoms with Crippen LogP contribution in [0.4, 0.5) is 0 Å². The fraction of sp³-hybridized carbons (Fsp3) is 0.364. The first-order valence-electron chi connectivity index (χ1n) is 4.40. The van der Waals surface area contributed by atoms with Crippen LogP contribution in [-0.2, 0) is 0 Å². The topological polar surface area (TPSA) is 37.3 Å². The van der Waals surface area contributed by atoms with Gasteiger partial charge in [0.15, 0.2) is 5.78 Å². The lowest BCUT2D eigenvalue weighted by Crippen LogP contribution is -2.34. The van der Waals surface area contributed by atoms with Gasteiger partial charge in [0.25, 0.3) is 0 Å². The third-order valence-corrected chi connectivity index (χ3v) is 2.21. The van der Waals surface area contributed by atoms with Gasteiger partial charge < -0.3 is 5.11 Å². The number of aliphatic hydroxyl groups is 1. The van der Waals surface area contributed by atoms with Gasteiger partial charge in [-0.2, -0.15) is 0 Å². The van der Waals surface area contributed by atoms with Crippen LogP contribution in [0.5, 0.6) is 0 Å². The summed E-state index contributed by atoms with van der Waals surface area (Å²) >= 11 is 0. The summed E-state index contributed by atoms with van der Waals surface area (Å²) in [7, 11) is 0. The van der Waals surface area contributed by atoms with Gasteiger partial charge >= 0.3 is 0 Å². The molecule has 1 atom stereocenters. The largest absolute Gasteiger partial charge is 0.382 e. The molecule has 0 fully saturated rings. The van der Waals surface area contributed by atoms with E-state index in [4.69, 9.17) is 0 Å². The summed E-state index contributed by atoms with van der Waals surface area (Å²) in [5, 5.41) is 9.70. The minimum Gasteiger partial charge on any atom is -0.382 e. The lowest BCUT2D eigenvalue weighted by molar-refractivity contribution is 0.0390. The van der Waals surface area contributed by atoms with Crippen LogP contribution in [0, 0.1) is 0 Å². The zero-order chi connectivity index (χ0) is 9.90. The Balaban J connectivity index is 2.93. The van der Waals surface area contributed by atoms with Crippen LogP contribution >= 0.6 is 0 Å². The first kappa shape index (κ1) is 9.93. The monoisotopic (exact) mass is 178 g/mol. The molecule has 13 heavy (non-hydrogen) atoms. The molecule has 0 aliphatic heterocycles. The van der Waals surface area contributed by atoms with Crippen LogP contribution in [0.15, 0.2) is 30.3 Å². The predicted octanol–water partition coefficient (Wildman–Crippen LogP) is 2.03. The number of Topliss-reactive ketones (excluding diaryl/α,β-unsaturated/α-hetero) is 1. The number of carbonyl (C=O) groups is 1. The number of hydrogen-bond acceptors (Lipinski definition) is 2. The van der Waals surface area contributed by atoms with Gasteiger partial charge in [0.1, 0.15) is 5.60 Å². The molecule has 1 aromatic rings. The predicted molar refractivity (Wildman–Crippen MR) is 51.7 cm³/mol. The first-order valence-corrected chi connectivity index (χ1v) is 4.40. The van der Waals surface area contributed by atoms with E-state index in [9.17, 15) is 9.90 Å². The summed E-state index contributed by atoms with van der Waals surface area (Å²) < 4.78 is 0. The average molecular weight is 178 g/mol. The van der Waals surface area contributed by atoms with Crippen molar-refractivity contribution in [3.8, 4) is 0 Å². The molecular formula is C11H14O2. The van der Waals surface area contributed by atoms with Gasteiger partial charge in [-0.1, -0.05) is 37.3 Å². The van der Waals surface area contributed by atoms with Crippen molar-refractivity contribution in [2.24, 2.45) is 0 Å². The van der Waals surface area contributed by atoms with Crippen LogP contribution in [0.25, 0.3) is 0 Å². The van der Waals surface area contributed by atoms with Gasteiger partial charge in [0.2, 0.25) is 0 Å². The van der Waals surface area contributed by atoms with Crippen molar-refractivity contribution in [3.63, 3.8) is 0 Å². The van der Waals surface area contributed by atoms with E-state index < -0.39 is 5.60 Å². The van der Waals surface area contributed by atoms with Crippen molar-refractivity contribution in [2.45, 2.75) is 25.9 Å². The second-order valence-corrected chi connectivity index (χ2v) is 3.32. The molecule has 0 aromatic heterocycles. The van der Waals surface area contributed by atoms with E-state index in [-0.39, 0.29) is 5.78 Å². The minimum absolute atomic E-state index is 0.212. The second-order valence-electron chi connectivity index (χ2n) is 3.32. The normalized spacial score (nSPS) is 15.0. The van der Waals surface area contributed by atoms with Gasteiger partial charge in [-0.25, -0.2) is 0 Å². The molecule has 0 aliphatic carbocycles. The van der Waals surface area contributed by atoms with Crippen molar-refractivity contribution in [1.29, 1.82) is 0 Å². The lowest BCUT2D eigenvalue weighted by Gasteiger charge is -2.19. The Kier molecular flexibility index (Phi) is 2.83. The summed E-state index contributed by atoms with van der Waals surface area (Å²) in [6, 6.07) is 8.86. The highest BCUT2D eigenvalue weighted by molar-refractivity contribution is 6.01. The molecule has 70 valence electrons.